The molecule has 2 aromatic carbocycles. The number of methoxy groups -OCH3 is 1. The van der Waals surface area contributed by atoms with E-state index in [0.717, 1.165) is 30.4 Å². The normalized spacial score (nSPS) is 12.0. The van der Waals surface area contributed by atoms with Crippen molar-refractivity contribution in [1.82, 2.24) is 20.4 Å². The Balaban J connectivity index is 0.00000320. The van der Waals surface area contributed by atoms with Gasteiger partial charge in [0.1, 0.15) is 5.75 Å². The summed E-state index contributed by atoms with van der Waals surface area (Å²) < 4.78 is 7.08. The molecule has 0 saturated carbocycles. The number of benzene rings is 2. The van der Waals surface area contributed by atoms with Crippen molar-refractivity contribution >= 4 is 29.9 Å². The summed E-state index contributed by atoms with van der Waals surface area (Å²) in [5, 5.41) is 11.1. The van der Waals surface area contributed by atoms with Crippen molar-refractivity contribution in [2.75, 3.05) is 20.7 Å². The zero-order valence-electron chi connectivity index (χ0n) is 17.7. The number of guanidine groups is 1. The highest BCUT2D eigenvalue weighted by Crippen LogP contribution is 2.21. The van der Waals surface area contributed by atoms with Gasteiger partial charge in [0, 0.05) is 32.5 Å². The van der Waals surface area contributed by atoms with Gasteiger partial charge in [-0.1, -0.05) is 31.2 Å². The SMILES string of the molecule is CN=C(NCCC(C)c1ccc(OC)cc1)NCc1cccc(-n2cccn2)c1.I. The molecule has 0 fully saturated rings. The maximum Gasteiger partial charge on any atom is 0.191 e. The third-order valence-corrected chi connectivity index (χ3v) is 4.92. The number of ether oxygens (including phenoxy) is 1. The second-order valence-electron chi connectivity index (χ2n) is 6.94. The number of aliphatic imine (C=N–C) groups is 1. The first-order valence-electron chi connectivity index (χ1n) is 9.87. The van der Waals surface area contributed by atoms with E-state index in [2.05, 4.69) is 51.9 Å². The number of aromatic nitrogens is 2. The molecule has 0 aliphatic heterocycles. The quantitative estimate of drug-likeness (QED) is 0.264. The van der Waals surface area contributed by atoms with Crippen LogP contribution in [-0.2, 0) is 6.54 Å². The molecule has 3 aromatic rings. The Kier molecular flexibility index (Phi) is 9.66. The van der Waals surface area contributed by atoms with E-state index in [1.165, 1.54) is 11.1 Å². The second kappa shape index (κ2) is 12.2. The lowest BCUT2D eigenvalue weighted by molar-refractivity contribution is 0.414. The minimum atomic E-state index is 0. The van der Waals surface area contributed by atoms with Gasteiger partial charge >= 0.3 is 0 Å². The minimum absolute atomic E-state index is 0. The zero-order chi connectivity index (χ0) is 20.5. The van der Waals surface area contributed by atoms with Crippen LogP contribution in [0.3, 0.4) is 0 Å². The van der Waals surface area contributed by atoms with Gasteiger partial charge in [-0.15, -0.1) is 24.0 Å². The van der Waals surface area contributed by atoms with Crippen LogP contribution in [0.15, 0.2) is 72.0 Å². The first-order valence-corrected chi connectivity index (χ1v) is 9.87. The molecule has 0 spiro atoms. The standard InChI is InChI=1S/C23H29N5O.HI/c1-18(20-8-10-22(29-3)11-9-20)12-14-25-23(24-2)26-17-19-6-4-7-21(16-19)28-15-5-13-27-28;/h4-11,13,15-16,18H,12,14,17H2,1-3H3,(H2,24,25,26);1H. The summed E-state index contributed by atoms with van der Waals surface area (Å²) in [6, 6.07) is 18.5. The molecule has 0 saturated heterocycles. The Morgan fingerprint density at radius 1 is 1.13 bits per heavy atom. The van der Waals surface area contributed by atoms with Gasteiger partial charge in [-0.2, -0.15) is 5.10 Å². The van der Waals surface area contributed by atoms with Gasteiger partial charge in [0.15, 0.2) is 5.96 Å². The molecule has 7 heteroatoms. The fourth-order valence-electron chi connectivity index (χ4n) is 3.14. The largest absolute Gasteiger partial charge is 0.497 e. The molecule has 30 heavy (non-hydrogen) atoms. The van der Waals surface area contributed by atoms with Gasteiger partial charge < -0.3 is 15.4 Å². The average molecular weight is 519 g/mol. The summed E-state index contributed by atoms with van der Waals surface area (Å²) in [5.41, 5.74) is 3.53. The monoisotopic (exact) mass is 519 g/mol. The van der Waals surface area contributed by atoms with Gasteiger partial charge in [0.2, 0.25) is 0 Å². The highest BCUT2D eigenvalue weighted by Gasteiger charge is 2.07. The van der Waals surface area contributed by atoms with Crippen LogP contribution in [0.1, 0.15) is 30.4 Å². The van der Waals surface area contributed by atoms with Crippen LogP contribution in [0.5, 0.6) is 5.75 Å². The van der Waals surface area contributed by atoms with E-state index in [-0.39, 0.29) is 24.0 Å². The maximum atomic E-state index is 5.23. The number of nitrogens with zero attached hydrogens (tertiary/aromatic N) is 3. The maximum absolute atomic E-state index is 5.23. The summed E-state index contributed by atoms with van der Waals surface area (Å²) >= 11 is 0. The molecule has 160 valence electrons. The van der Waals surface area contributed by atoms with Crippen LogP contribution in [0.4, 0.5) is 0 Å². The molecule has 0 aliphatic carbocycles. The topological polar surface area (TPSA) is 63.5 Å². The fourth-order valence-corrected chi connectivity index (χ4v) is 3.14. The molecule has 1 unspecified atom stereocenters. The molecule has 1 atom stereocenters. The van der Waals surface area contributed by atoms with Crippen LogP contribution >= 0.6 is 24.0 Å². The Bertz CT molecular complexity index is 910. The van der Waals surface area contributed by atoms with Gasteiger partial charge in [-0.25, -0.2) is 4.68 Å². The molecule has 0 aliphatic rings. The Labute approximate surface area is 195 Å². The number of hydrogen-bond acceptors (Lipinski definition) is 3. The first-order chi connectivity index (χ1) is 14.2. The van der Waals surface area contributed by atoms with E-state index in [9.17, 15) is 0 Å². The molecule has 3 rings (SSSR count). The minimum Gasteiger partial charge on any atom is -0.497 e. The van der Waals surface area contributed by atoms with Crippen molar-refractivity contribution in [3.05, 3.63) is 78.1 Å². The van der Waals surface area contributed by atoms with Crippen LogP contribution in [0.2, 0.25) is 0 Å². The predicted molar refractivity (Wildman–Crippen MR) is 133 cm³/mol. The Hall–Kier alpha value is -2.55. The lowest BCUT2D eigenvalue weighted by Gasteiger charge is -2.16. The van der Waals surface area contributed by atoms with E-state index in [4.69, 9.17) is 4.74 Å². The van der Waals surface area contributed by atoms with Crippen LogP contribution in [-0.4, -0.2) is 36.4 Å². The number of rotatable bonds is 8. The Morgan fingerprint density at radius 2 is 1.93 bits per heavy atom. The molecule has 1 heterocycles. The van der Waals surface area contributed by atoms with E-state index in [1.807, 2.05) is 41.2 Å². The summed E-state index contributed by atoms with van der Waals surface area (Å²) in [7, 11) is 3.48. The third kappa shape index (κ3) is 6.76. The van der Waals surface area contributed by atoms with Gasteiger partial charge in [0.05, 0.1) is 12.8 Å². The first kappa shape index (κ1) is 23.7. The highest BCUT2D eigenvalue weighted by molar-refractivity contribution is 14.0. The van der Waals surface area contributed by atoms with Crippen molar-refractivity contribution in [3.63, 3.8) is 0 Å². The summed E-state index contributed by atoms with van der Waals surface area (Å²) in [5.74, 6) is 2.15. The van der Waals surface area contributed by atoms with Crippen molar-refractivity contribution < 1.29 is 4.74 Å². The molecular weight excluding hydrogens is 489 g/mol. The van der Waals surface area contributed by atoms with Crippen molar-refractivity contribution in [2.45, 2.75) is 25.8 Å². The summed E-state index contributed by atoms with van der Waals surface area (Å²) in [6.07, 6.45) is 4.74. The van der Waals surface area contributed by atoms with Crippen molar-refractivity contribution in [1.29, 1.82) is 0 Å². The van der Waals surface area contributed by atoms with Gasteiger partial charge in [-0.05, 0) is 53.8 Å². The van der Waals surface area contributed by atoms with Crippen LogP contribution < -0.4 is 15.4 Å². The van der Waals surface area contributed by atoms with E-state index >= 15 is 0 Å². The Morgan fingerprint density at radius 3 is 2.60 bits per heavy atom. The van der Waals surface area contributed by atoms with Crippen LogP contribution in [0, 0.1) is 0 Å². The van der Waals surface area contributed by atoms with Crippen molar-refractivity contribution in [2.24, 2.45) is 4.99 Å². The third-order valence-electron chi connectivity index (χ3n) is 4.92. The molecule has 6 nitrogen and oxygen atoms in total. The van der Waals surface area contributed by atoms with E-state index < -0.39 is 0 Å². The van der Waals surface area contributed by atoms with Crippen LogP contribution in [0.25, 0.3) is 5.69 Å². The fraction of sp³-hybridized carbons (Fsp3) is 0.304. The van der Waals surface area contributed by atoms with Crippen molar-refractivity contribution in [3.8, 4) is 11.4 Å². The lowest BCUT2D eigenvalue weighted by atomic mass is 9.98. The van der Waals surface area contributed by atoms with E-state index in [0.29, 0.717) is 12.5 Å². The number of hydrogen-bond donors (Lipinski definition) is 2. The summed E-state index contributed by atoms with van der Waals surface area (Å²) in [6.45, 7) is 3.78. The molecular formula is C23H30IN5O. The highest BCUT2D eigenvalue weighted by atomic mass is 127. The van der Waals surface area contributed by atoms with Gasteiger partial charge in [0.25, 0.3) is 0 Å². The summed E-state index contributed by atoms with van der Waals surface area (Å²) in [4.78, 5) is 4.33. The second-order valence-corrected chi connectivity index (χ2v) is 6.94. The number of halogens is 1. The molecule has 0 radical (unpaired) electrons. The molecule has 0 bridgehead atoms. The van der Waals surface area contributed by atoms with Gasteiger partial charge in [-0.3, -0.25) is 4.99 Å². The molecule has 1 aromatic heterocycles. The zero-order valence-corrected chi connectivity index (χ0v) is 20.0. The van der Waals surface area contributed by atoms with E-state index in [1.54, 1.807) is 20.4 Å². The number of nitrogens with one attached hydrogen (secondary N) is 2. The lowest BCUT2D eigenvalue weighted by Crippen LogP contribution is -2.37. The predicted octanol–water partition coefficient (Wildman–Crippen LogP) is 4.36. The molecule has 0 amide bonds. The average Bonchev–Trinajstić information content (AvgIpc) is 3.31. The molecule has 2 N–H and O–H groups in total. The smallest absolute Gasteiger partial charge is 0.191 e.